The zero-order valence-electron chi connectivity index (χ0n) is 9.65. The highest BCUT2D eigenvalue weighted by atomic mass is 35.5. The largest absolute Gasteiger partial charge is 0.340 e. The van der Waals surface area contributed by atoms with E-state index < -0.39 is 0 Å². The first-order chi connectivity index (χ1) is 8.08. The molecule has 1 aromatic heterocycles. The summed E-state index contributed by atoms with van der Waals surface area (Å²) in [7, 11) is 0. The van der Waals surface area contributed by atoms with E-state index in [1.165, 1.54) is 6.20 Å². The molecule has 0 unspecified atom stereocenters. The standard InChI is InChI=1S/C11H14ClN3O2/c1-8-10(12)6-13-15(8)7-11(17)14-4-2-9(16)3-5-14/h6H,2-5,7H2,1H3. The van der Waals surface area contributed by atoms with Crippen LogP contribution in [0.4, 0.5) is 0 Å². The number of rotatable bonds is 2. The second kappa shape index (κ2) is 4.87. The molecule has 0 bridgehead atoms. The lowest BCUT2D eigenvalue weighted by molar-refractivity contribution is -0.135. The summed E-state index contributed by atoms with van der Waals surface area (Å²) in [4.78, 5) is 24.7. The fourth-order valence-electron chi connectivity index (χ4n) is 1.82. The van der Waals surface area contributed by atoms with Gasteiger partial charge in [-0.05, 0) is 6.92 Å². The Morgan fingerprint density at radius 2 is 2.12 bits per heavy atom. The van der Waals surface area contributed by atoms with Crippen LogP contribution in [-0.4, -0.2) is 39.5 Å². The predicted octanol–water partition coefficient (Wildman–Crippen LogP) is 1.04. The van der Waals surface area contributed by atoms with E-state index in [0.717, 1.165) is 5.69 Å². The van der Waals surface area contributed by atoms with Gasteiger partial charge in [-0.25, -0.2) is 0 Å². The van der Waals surface area contributed by atoms with Crippen molar-refractivity contribution >= 4 is 23.3 Å². The van der Waals surface area contributed by atoms with Crippen LogP contribution in [0, 0.1) is 6.92 Å². The molecule has 1 saturated heterocycles. The van der Waals surface area contributed by atoms with Gasteiger partial charge in [0.15, 0.2) is 0 Å². The molecule has 1 fully saturated rings. The molecule has 0 radical (unpaired) electrons. The first kappa shape index (κ1) is 12.1. The van der Waals surface area contributed by atoms with Crippen molar-refractivity contribution in [3.63, 3.8) is 0 Å². The second-order valence-corrected chi connectivity index (χ2v) is 4.56. The third-order valence-corrected chi connectivity index (χ3v) is 3.37. The summed E-state index contributed by atoms with van der Waals surface area (Å²) in [5, 5.41) is 4.60. The van der Waals surface area contributed by atoms with Gasteiger partial charge in [0.1, 0.15) is 12.3 Å². The molecule has 2 rings (SSSR count). The summed E-state index contributed by atoms with van der Waals surface area (Å²) in [6.45, 7) is 3.05. The number of ketones is 1. The highest BCUT2D eigenvalue weighted by Gasteiger charge is 2.21. The van der Waals surface area contributed by atoms with Gasteiger partial charge < -0.3 is 4.90 Å². The van der Waals surface area contributed by atoms with E-state index in [1.807, 2.05) is 6.92 Å². The molecule has 1 aliphatic heterocycles. The summed E-state index contributed by atoms with van der Waals surface area (Å²) in [6.07, 6.45) is 2.46. The third-order valence-electron chi connectivity index (χ3n) is 3.00. The van der Waals surface area contributed by atoms with E-state index >= 15 is 0 Å². The van der Waals surface area contributed by atoms with Crippen molar-refractivity contribution in [2.75, 3.05) is 13.1 Å². The van der Waals surface area contributed by atoms with E-state index in [9.17, 15) is 9.59 Å². The average molecular weight is 256 g/mol. The van der Waals surface area contributed by atoms with Crippen molar-refractivity contribution in [3.8, 4) is 0 Å². The monoisotopic (exact) mass is 255 g/mol. The van der Waals surface area contributed by atoms with Gasteiger partial charge in [-0.1, -0.05) is 11.6 Å². The lowest BCUT2D eigenvalue weighted by Gasteiger charge is -2.26. The Kier molecular flexibility index (Phi) is 3.47. The van der Waals surface area contributed by atoms with Gasteiger partial charge in [0.25, 0.3) is 0 Å². The van der Waals surface area contributed by atoms with Crippen molar-refractivity contribution in [1.82, 2.24) is 14.7 Å². The van der Waals surface area contributed by atoms with Gasteiger partial charge in [0, 0.05) is 25.9 Å². The Bertz CT molecular complexity index is 446. The van der Waals surface area contributed by atoms with Crippen LogP contribution in [0.15, 0.2) is 6.20 Å². The van der Waals surface area contributed by atoms with Crippen LogP contribution in [0.2, 0.25) is 5.02 Å². The van der Waals surface area contributed by atoms with Crippen molar-refractivity contribution < 1.29 is 9.59 Å². The number of carbonyl (C=O) groups is 2. The van der Waals surface area contributed by atoms with Gasteiger partial charge in [-0.3, -0.25) is 14.3 Å². The molecular formula is C11H14ClN3O2. The minimum atomic E-state index is -0.0135. The van der Waals surface area contributed by atoms with Crippen molar-refractivity contribution in [1.29, 1.82) is 0 Å². The maximum atomic E-state index is 11.9. The SMILES string of the molecule is Cc1c(Cl)cnn1CC(=O)N1CCC(=O)CC1. The van der Waals surface area contributed by atoms with Gasteiger partial charge in [0.2, 0.25) is 5.91 Å². The molecule has 0 N–H and O–H groups in total. The lowest BCUT2D eigenvalue weighted by Crippen LogP contribution is -2.40. The summed E-state index contributed by atoms with van der Waals surface area (Å²) >= 11 is 5.86. The number of hydrogen-bond acceptors (Lipinski definition) is 3. The first-order valence-corrected chi connectivity index (χ1v) is 5.93. The van der Waals surface area contributed by atoms with Crippen LogP contribution in [0.1, 0.15) is 18.5 Å². The summed E-state index contributed by atoms with van der Waals surface area (Å²) < 4.78 is 1.58. The molecule has 92 valence electrons. The minimum Gasteiger partial charge on any atom is -0.340 e. The van der Waals surface area contributed by atoms with Crippen molar-refractivity contribution in [3.05, 3.63) is 16.9 Å². The van der Waals surface area contributed by atoms with E-state index in [1.54, 1.807) is 9.58 Å². The Hall–Kier alpha value is -1.36. The molecular weight excluding hydrogens is 242 g/mol. The quantitative estimate of drug-likeness (QED) is 0.793. The van der Waals surface area contributed by atoms with Crippen LogP contribution in [-0.2, 0) is 16.1 Å². The highest BCUT2D eigenvalue weighted by molar-refractivity contribution is 6.31. The molecule has 1 aromatic rings. The highest BCUT2D eigenvalue weighted by Crippen LogP contribution is 2.14. The number of piperidine rings is 1. The number of nitrogens with zero attached hydrogens (tertiary/aromatic N) is 3. The molecule has 5 nitrogen and oxygen atoms in total. The molecule has 0 spiro atoms. The smallest absolute Gasteiger partial charge is 0.244 e. The van der Waals surface area contributed by atoms with Gasteiger partial charge in [0.05, 0.1) is 16.9 Å². The zero-order chi connectivity index (χ0) is 12.4. The molecule has 1 aliphatic rings. The molecule has 2 heterocycles. The number of hydrogen-bond donors (Lipinski definition) is 0. The van der Waals surface area contributed by atoms with Crippen LogP contribution in [0.3, 0.4) is 0 Å². The van der Waals surface area contributed by atoms with E-state index in [0.29, 0.717) is 31.0 Å². The Morgan fingerprint density at radius 3 is 2.65 bits per heavy atom. The maximum Gasteiger partial charge on any atom is 0.244 e. The molecule has 0 atom stereocenters. The normalized spacial score (nSPS) is 16.4. The second-order valence-electron chi connectivity index (χ2n) is 4.16. The Morgan fingerprint density at radius 1 is 1.47 bits per heavy atom. The van der Waals surface area contributed by atoms with Crippen LogP contribution >= 0.6 is 11.6 Å². The summed E-state index contributed by atoms with van der Waals surface area (Å²) in [5.41, 5.74) is 0.785. The van der Waals surface area contributed by atoms with Crippen molar-refractivity contribution in [2.24, 2.45) is 0 Å². The van der Waals surface area contributed by atoms with E-state index in [4.69, 9.17) is 11.6 Å². The van der Waals surface area contributed by atoms with Crippen LogP contribution in [0.5, 0.6) is 0 Å². The number of Topliss-reactive ketones (excluding diaryl/α,β-unsaturated/α-hetero) is 1. The van der Waals surface area contributed by atoms with Gasteiger partial charge >= 0.3 is 0 Å². The lowest BCUT2D eigenvalue weighted by atomic mass is 10.1. The van der Waals surface area contributed by atoms with Crippen LogP contribution < -0.4 is 0 Å². The molecule has 0 aromatic carbocycles. The Balaban J connectivity index is 1.97. The van der Waals surface area contributed by atoms with Gasteiger partial charge in [-0.15, -0.1) is 0 Å². The molecule has 0 saturated carbocycles. The molecule has 0 aliphatic carbocycles. The van der Waals surface area contributed by atoms with Gasteiger partial charge in [-0.2, -0.15) is 5.10 Å². The maximum absolute atomic E-state index is 11.9. The number of likely N-dealkylation sites (tertiary alicyclic amines) is 1. The van der Waals surface area contributed by atoms with Crippen LogP contribution in [0.25, 0.3) is 0 Å². The minimum absolute atomic E-state index is 0.0135. The van der Waals surface area contributed by atoms with E-state index in [2.05, 4.69) is 5.10 Å². The van der Waals surface area contributed by atoms with E-state index in [-0.39, 0.29) is 18.2 Å². The molecule has 6 heteroatoms. The Labute approximate surface area is 104 Å². The number of carbonyl (C=O) groups excluding carboxylic acids is 2. The summed E-state index contributed by atoms with van der Waals surface area (Å²) in [6, 6.07) is 0. The summed E-state index contributed by atoms with van der Waals surface area (Å²) in [5.74, 6) is 0.215. The van der Waals surface area contributed by atoms with Crippen molar-refractivity contribution in [2.45, 2.75) is 26.3 Å². The average Bonchev–Trinajstić information content (AvgIpc) is 2.62. The number of amides is 1. The molecule has 17 heavy (non-hydrogen) atoms. The molecule has 1 amide bonds. The predicted molar refractivity (Wildman–Crippen MR) is 62.8 cm³/mol. The number of aromatic nitrogens is 2. The fourth-order valence-corrected chi connectivity index (χ4v) is 1.96. The first-order valence-electron chi connectivity index (χ1n) is 5.55. The fraction of sp³-hybridized carbons (Fsp3) is 0.545. The third kappa shape index (κ3) is 2.66. The number of halogens is 1. The zero-order valence-corrected chi connectivity index (χ0v) is 10.4. The topological polar surface area (TPSA) is 55.2 Å².